The molecule has 0 aliphatic carbocycles. The van der Waals surface area contributed by atoms with Crippen LogP contribution in [-0.4, -0.2) is 44.3 Å². The van der Waals surface area contributed by atoms with E-state index >= 15 is 0 Å². The third-order valence-electron chi connectivity index (χ3n) is 6.38. The van der Waals surface area contributed by atoms with Gasteiger partial charge in [0.05, 0.1) is 10.6 Å². The number of benzene rings is 3. The molecule has 1 N–H and O–H groups in total. The first-order chi connectivity index (χ1) is 18.7. The lowest BCUT2D eigenvalue weighted by Gasteiger charge is -2.33. The van der Waals surface area contributed by atoms with Crippen molar-refractivity contribution in [3.05, 3.63) is 95.0 Å². The first kappa shape index (κ1) is 30.2. The van der Waals surface area contributed by atoms with Crippen molar-refractivity contribution >= 4 is 39.1 Å². The van der Waals surface area contributed by atoms with Crippen LogP contribution in [-0.2, 0) is 26.2 Å². The quantitative estimate of drug-likeness (QED) is 0.273. The number of hydrogen-bond donors (Lipinski definition) is 1. The molecule has 2 amide bonds. The van der Waals surface area contributed by atoms with Gasteiger partial charge in [-0.1, -0.05) is 74.3 Å². The summed E-state index contributed by atoms with van der Waals surface area (Å²) in [5, 5.41) is 3.34. The van der Waals surface area contributed by atoms with Gasteiger partial charge in [-0.05, 0) is 67.3 Å². The minimum atomic E-state index is -4.13. The molecule has 0 bridgehead atoms. The third-order valence-corrected chi connectivity index (χ3v) is 8.42. The van der Waals surface area contributed by atoms with Crippen LogP contribution >= 0.6 is 11.6 Å². The maximum absolute atomic E-state index is 14.0. The Morgan fingerprint density at radius 1 is 0.949 bits per heavy atom. The molecular weight excluding hydrogens is 534 g/mol. The summed E-state index contributed by atoms with van der Waals surface area (Å²) in [5.74, 6) is -0.728. The largest absolute Gasteiger partial charge is 0.354 e. The Morgan fingerprint density at radius 3 is 2.26 bits per heavy atom. The monoisotopic (exact) mass is 569 g/mol. The van der Waals surface area contributed by atoms with Crippen molar-refractivity contribution in [2.75, 3.05) is 17.4 Å². The highest BCUT2D eigenvalue weighted by Gasteiger charge is 2.33. The van der Waals surface area contributed by atoms with E-state index in [2.05, 4.69) is 5.32 Å². The SMILES string of the molecule is CCCCNC(=O)C(CC)N(Cc1ccccc1)C(=O)CN(c1cccc(C)c1)S(=O)(=O)c1ccc(Cl)cc1. The molecule has 208 valence electrons. The van der Waals surface area contributed by atoms with Gasteiger partial charge in [0.1, 0.15) is 12.6 Å². The molecule has 0 radical (unpaired) electrons. The van der Waals surface area contributed by atoms with E-state index in [0.29, 0.717) is 23.7 Å². The van der Waals surface area contributed by atoms with Gasteiger partial charge >= 0.3 is 0 Å². The zero-order valence-electron chi connectivity index (χ0n) is 22.6. The topological polar surface area (TPSA) is 86.8 Å². The minimum absolute atomic E-state index is 0.0140. The van der Waals surface area contributed by atoms with Crippen LogP contribution in [0.15, 0.2) is 83.8 Å². The molecule has 0 saturated carbocycles. The van der Waals surface area contributed by atoms with Crippen molar-refractivity contribution in [1.29, 1.82) is 0 Å². The van der Waals surface area contributed by atoms with Gasteiger partial charge in [-0.25, -0.2) is 8.42 Å². The zero-order chi connectivity index (χ0) is 28.4. The van der Waals surface area contributed by atoms with E-state index in [-0.39, 0.29) is 17.3 Å². The maximum atomic E-state index is 14.0. The van der Waals surface area contributed by atoms with Gasteiger partial charge in [-0.2, -0.15) is 0 Å². The van der Waals surface area contributed by atoms with E-state index in [9.17, 15) is 18.0 Å². The number of anilines is 1. The predicted octanol–water partition coefficient (Wildman–Crippen LogP) is 5.57. The highest BCUT2D eigenvalue weighted by molar-refractivity contribution is 7.92. The Kier molecular flexibility index (Phi) is 10.9. The Balaban J connectivity index is 2.02. The summed E-state index contributed by atoms with van der Waals surface area (Å²) in [4.78, 5) is 28.7. The molecule has 0 aliphatic rings. The second-order valence-corrected chi connectivity index (χ2v) is 11.7. The van der Waals surface area contributed by atoms with Crippen LogP contribution in [0, 0.1) is 6.92 Å². The molecule has 9 heteroatoms. The van der Waals surface area contributed by atoms with Crippen LogP contribution in [0.3, 0.4) is 0 Å². The average molecular weight is 570 g/mol. The number of nitrogens with zero attached hydrogens (tertiary/aromatic N) is 2. The van der Waals surface area contributed by atoms with Crippen molar-refractivity contribution < 1.29 is 18.0 Å². The Bertz CT molecular complexity index is 1350. The van der Waals surface area contributed by atoms with Gasteiger partial charge in [0.15, 0.2) is 0 Å². The smallest absolute Gasteiger partial charge is 0.264 e. The number of carbonyl (C=O) groups excluding carboxylic acids is 2. The number of unbranched alkanes of at least 4 members (excludes halogenated alkanes) is 1. The molecule has 0 saturated heterocycles. The lowest BCUT2D eigenvalue weighted by Crippen LogP contribution is -2.52. The fourth-order valence-corrected chi connectivity index (χ4v) is 5.78. The van der Waals surface area contributed by atoms with E-state index in [1.165, 1.54) is 29.2 Å². The van der Waals surface area contributed by atoms with Crippen LogP contribution in [0.2, 0.25) is 5.02 Å². The number of hydrogen-bond acceptors (Lipinski definition) is 4. The summed E-state index contributed by atoms with van der Waals surface area (Å²) in [6, 6.07) is 21.4. The molecular formula is C30H36ClN3O4S. The van der Waals surface area contributed by atoms with Crippen molar-refractivity contribution in [1.82, 2.24) is 10.2 Å². The van der Waals surface area contributed by atoms with Gasteiger partial charge in [-0.3, -0.25) is 13.9 Å². The second-order valence-electron chi connectivity index (χ2n) is 9.38. The lowest BCUT2D eigenvalue weighted by molar-refractivity contribution is -0.140. The number of nitrogens with one attached hydrogen (secondary N) is 1. The van der Waals surface area contributed by atoms with Crippen LogP contribution < -0.4 is 9.62 Å². The van der Waals surface area contributed by atoms with E-state index in [0.717, 1.165) is 28.3 Å². The molecule has 3 rings (SSSR count). The molecule has 7 nitrogen and oxygen atoms in total. The Hall–Kier alpha value is -3.36. The molecule has 0 spiro atoms. The van der Waals surface area contributed by atoms with Crippen LogP contribution in [0.1, 0.15) is 44.2 Å². The molecule has 0 aromatic heterocycles. The van der Waals surface area contributed by atoms with Gasteiger partial charge in [0.25, 0.3) is 10.0 Å². The normalized spacial score (nSPS) is 12.0. The summed E-state index contributed by atoms with van der Waals surface area (Å²) in [7, 11) is -4.13. The minimum Gasteiger partial charge on any atom is -0.354 e. The first-order valence-corrected chi connectivity index (χ1v) is 14.9. The van der Waals surface area contributed by atoms with Crippen molar-refractivity contribution in [3.63, 3.8) is 0 Å². The van der Waals surface area contributed by atoms with Crippen molar-refractivity contribution in [2.45, 2.75) is 57.5 Å². The van der Waals surface area contributed by atoms with E-state index < -0.39 is 28.5 Å². The summed E-state index contributed by atoms with van der Waals surface area (Å²) in [6.07, 6.45) is 2.14. The molecule has 1 atom stereocenters. The fraction of sp³-hybridized carbons (Fsp3) is 0.333. The van der Waals surface area contributed by atoms with Gasteiger partial charge in [0.2, 0.25) is 11.8 Å². The summed E-state index contributed by atoms with van der Waals surface area (Å²) < 4.78 is 28.8. The molecule has 3 aromatic rings. The molecule has 1 unspecified atom stereocenters. The molecule has 3 aromatic carbocycles. The summed E-state index contributed by atoms with van der Waals surface area (Å²) in [6.45, 7) is 5.95. The van der Waals surface area contributed by atoms with Gasteiger partial charge < -0.3 is 10.2 Å². The third kappa shape index (κ3) is 8.07. The van der Waals surface area contributed by atoms with Crippen LogP contribution in [0.25, 0.3) is 0 Å². The lowest BCUT2D eigenvalue weighted by atomic mass is 10.1. The molecule has 0 heterocycles. The second kappa shape index (κ2) is 14.1. The van der Waals surface area contributed by atoms with Crippen molar-refractivity contribution in [3.8, 4) is 0 Å². The number of halogens is 1. The van der Waals surface area contributed by atoms with Crippen molar-refractivity contribution in [2.24, 2.45) is 0 Å². The summed E-state index contributed by atoms with van der Waals surface area (Å²) in [5.41, 5.74) is 2.05. The Labute approximate surface area is 236 Å². The summed E-state index contributed by atoms with van der Waals surface area (Å²) >= 11 is 6.00. The van der Waals surface area contributed by atoms with E-state index in [1.54, 1.807) is 18.2 Å². The maximum Gasteiger partial charge on any atom is 0.264 e. The van der Waals surface area contributed by atoms with E-state index in [1.807, 2.05) is 57.2 Å². The predicted molar refractivity (Wildman–Crippen MR) is 156 cm³/mol. The van der Waals surface area contributed by atoms with Crippen LogP contribution in [0.5, 0.6) is 0 Å². The highest BCUT2D eigenvalue weighted by atomic mass is 35.5. The standard InChI is InChI=1S/C30H36ClN3O4S/c1-4-6-19-32-30(36)28(5-2)33(21-24-12-8-7-9-13-24)29(35)22-34(26-14-10-11-23(3)20-26)39(37,38)27-17-15-25(31)16-18-27/h7-18,20,28H,4-6,19,21-22H2,1-3H3,(H,32,36). The fourth-order valence-electron chi connectivity index (χ4n) is 4.25. The van der Waals surface area contributed by atoms with Gasteiger partial charge in [0, 0.05) is 18.1 Å². The number of carbonyl (C=O) groups is 2. The number of rotatable bonds is 13. The zero-order valence-corrected chi connectivity index (χ0v) is 24.2. The molecule has 39 heavy (non-hydrogen) atoms. The average Bonchev–Trinajstić information content (AvgIpc) is 2.92. The number of sulfonamides is 1. The molecule has 0 fully saturated rings. The van der Waals surface area contributed by atoms with Gasteiger partial charge in [-0.15, -0.1) is 0 Å². The number of aryl methyl sites for hydroxylation is 1. The first-order valence-electron chi connectivity index (χ1n) is 13.1. The highest BCUT2D eigenvalue weighted by Crippen LogP contribution is 2.26. The number of amides is 2. The van der Waals surface area contributed by atoms with E-state index in [4.69, 9.17) is 11.6 Å². The van der Waals surface area contributed by atoms with Crippen LogP contribution in [0.4, 0.5) is 5.69 Å². The molecule has 0 aliphatic heterocycles. The Morgan fingerprint density at radius 2 is 1.64 bits per heavy atom.